The number of hydrogen-bond donors (Lipinski definition) is 0. The highest BCUT2D eigenvalue weighted by molar-refractivity contribution is 6.08. The van der Waals surface area contributed by atoms with Crippen molar-refractivity contribution in [1.29, 1.82) is 21.0 Å². The quantitative estimate of drug-likeness (QED) is 0.229. The second kappa shape index (κ2) is 14.3. The van der Waals surface area contributed by atoms with Crippen LogP contribution >= 0.6 is 0 Å². The SMILES string of the molecule is CN(C)c1ccc(C=C(C#N)C#N)c2c(N(C)C)cccc12.CN(C)c1ccc(C=C(C#N)C#N)c2c(N(C)C)cccc12. The van der Waals surface area contributed by atoms with Gasteiger partial charge in [0.15, 0.2) is 0 Å². The molecule has 0 amide bonds. The van der Waals surface area contributed by atoms with Gasteiger partial charge >= 0.3 is 0 Å². The molecule has 220 valence electrons. The van der Waals surface area contributed by atoms with Gasteiger partial charge in [0.1, 0.15) is 35.4 Å². The highest BCUT2D eigenvalue weighted by Crippen LogP contribution is 2.37. The van der Waals surface area contributed by atoms with Crippen LogP contribution in [0.3, 0.4) is 0 Å². The molecule has 0 bridgehead atoms. The lowest BCUT2D eigenvalue weighted by molar-refractivity contribution is 1.13. The smallest absolute Gasteiger partial charge is 0.130 e. The summed E-state index contributed by atoms with van der Waals surface area (Å²) in [6, 6.07) is 27.9. The van der Waals surface area contributed by atoms with Gasteiger partial charge in [-0.25, -0.2) is 0 Å². The zero-order valence-corrected chi connectivity index (χ0v) is 26.5. The summed E-state index contributed by atoms with van der Waals surface area (Å²) in [6.07, 6.45) is 3.30. The number of nitriles is 4. The van der Waals surface area contributed by atoms with Gasteiger partial charge in [0.2, 0.25) is 0 Å². The molecule has 0 radical (unpaired) electrons. The average molecular weight is 581 g/mol. The van der Waals surface area contributed by atoms with Crippen molar-refractivity contribution in [3.8, 4) is 24.3 Å². The Labute approximate surface area is 260 Å². The molecule has 4 aromatic rings. The first kappa shape index (κ1) is 32.6. The van der Waals surface area contributed by atoms with Crippen LogP contribution in [0.4, 0.5) is 22.7 Å². The van der Waals surface area contributed by atoms with Crippen molar-refractivity contribution in [2.24, 2.45) is 0 Å². The van der Waals surface area contributed by atoms with Gasteiger partial charge in [-0.1, -0.05) is 36.4 Å². The Kier molecular flexibility index (Phi) is 10.6. The summed E-state index contributed by atoms with van der Waals surface area (Å²) < 4.78 is 0. The molecule has 4 rings (SSSR count). The lowest BCUT2D eigenvalue weighted by atomic mass is 9.98. The summed E-state index contributed by atoms with van der Waals surface area (Å²) >= 11 is 0. The number of nitrogens with zero attached hydrogens (tertiary/aromatic N) is 8. The van der Waals surface area contributed by atoms with Gasteiger partial charge in [-0.3, -0.25) is 0 Å². The molecule has 0 aliphatic carbocycles. The zero-order valence-electron chi connectivity index (χ0n) is 26.5. The van der Waals surface area contributed by atoms with E-state index in [-0.39, 0.29) is 11.1 Å². The van der Waals surface area contributed by atoms with Crippen LogP contribution in [0.25, 0.3) is 33.7 Å². The zero-order chi connectivity index (χ0) is 32.6. The molecule has 0 fully saturated rings. The third-order valence-electron chi connectivity index (χ3n) is 7.06. The number of hydrogen-bond acceptors (Lipinski definition) is 8. The predicted molar refractivity (Wildman–Crippen MR) is 184 cm³/mol. The monoisotopic (exact) mass is 580 g/mol. The molecule has 8 heteroatoms. The number of benzene rings is 4. The Morgan fingerprint density at radius 2 is 0.773 bits per heavy atom. The van der Waals surface area contributed by atoms with Crippen LogP contribution in [0.5, 0.6) is 0 Å². The molecule has 0 aromatic heterocycles. The molecule has 0 atom stereocenters. The van der Waals surface area contributed by atoms with Crippen molar-refractivity contribution in [2.45, 2.75) is 0 Å². The number of anilines is 4. The fraction of sp³-hybridized carbons (Fsp3) is 0.222. The lowest BCUT2D eigenvalue weighted by Gasteiger charge is -2.21. The molecule has 8 nitrogen and oxygen atoms in total. The highest BCUT2D eigenvalue weighted by Gasteiger charge is 2.13. The van der Waals surface area contributed by atoms with Gasteiger partial charge in [0.25, 0.3) is 0 Å². The standard InChI is InChI=1S/2C18H18N4/c2*1-21(2)16-9-8-14(10-13(11-19)12-20)18-15(16)6-5-7-17(18)22(3)4/h2*5-10H,1-4H3. The van der Waals surface area contributed by atoms with Crippen LogP contribution in [0.15, 0.2) is 71.8 Å². The Bertz CT molecular complexity index is 1740. The minimum atomic E-state index is 0.104. The van der Waals surface area contributed by atoms with Crippen LogP contribution in [-0.2, 0) is 0 Å². The third kappa shape index (κ3) is 6.91. The molecule has 0 saturated heterocycles. The van der Waals surface area contributed by atoms with E-state index in [1.54, 1.807) is 12.2 Å². The van der Waals surface area contributed by atoms with Gasteiger partial charge in [0.05, 0.1) is 0 Å². The number of rotatable bonds is 6. The van der Waals surface area contributed by atoms with Crippen LogP contribution in [0.1, 0.15) is 11.1 Å². The van der Waals surface area contributed by atoms with Crippen LogP contribution in [0, 0.1) is 45.3 Å². The summed E-state index contributed by atoms with van der Waals surface area (Å²) in [6.45, 7) is 0. The number of fused-ring (bicyclic) bond motifs is 2. The summed E-state index contributed by atoms with van der Waals surface area (Å²) in [5, 5.41) is 40.4. The molecule has 0 aliphatic heterocycles. The molecular weight excluding hydrogens is 544 g/mol. The van der Waals surface area contributed by atoms with E-state index in [1.165, 1.54) is 0 Å². The van der Waals surface area contributed by atoms with E-state index in [2.05, 4.69) is 21.9 Å². The second-order valence-electron chi connectivity index (χ2n) is 10.9. The van der Waals surface area contributed by atoms with E-state index < -0.39 is 0 Å². The molecule has 0 saturated carbocycles. The molecule has 4 aromatic carbocycles. The fourth-order valence-corrected chi connectivity index (χ4v) is 5.05. The summed E-state index contributed by atoms with van der Waals surface area (Å²) in [7, 11) is 16.0. The molecular formula is C36H36N8. The lowest BCUT2D eigenvalue weighted by Crippen LogP contribution is -2.12. The van der Waals surface area contributed by atoms with Gasteiger partial charge in [-0.2, -0.15) is 21.0 Å². The van der Waals surface area contributed by atoms with Crippen molar-refractivity contribution in [2.75, 3.05) is 76.0 Å². The van der Waals surface area contributed by atoms with Gasteiger partial charge in [-0.05, 0) is 47.5 Å². The van der Waals surface area contributed by atoms with E-state index in [9.17, 15) is 0 Å². The molecule has 0 N–H and O–H groups in total. The Balaban J connectivity index is 0.000000240. The molecule has 0 aliphatic rings. The van der Waals surface area contributed by atoms with Crippen molar-refractivity contribution in [3.63, 3.8) is 0 Å². The molecule has 0 unspecified atom stereocenters. The van der Waals surface area contributed by atoms with Crippen molar-refractivity contribution in [3.05, 3.63) is 82.9 Å². The Morgan fingerprint density at radius 3 is 1.05 bits per heavy atom. The topological polar surface area (TPSA) is 108 Å². The number of allylic oxidation sites excluding steroid dienone is 2. The van der Waals surface area contributed by atoms with Gasteiger partial charge in [-0.15, -0.1) is 0 Å². The van der Waals surface area contributed by atoms with Gasteiger partial charge < -0.3 is 19.6 Å². The minimum Gasteiger partial charge on any atom is -0.377 e. The van der Waals surface area contributed by atoms with E-state index in [0.717, 1.165) is 55.4 Å². The molecule has 0 heterocycles. The third-order valence-corrected chi connectivity index (χ3v) is 7.06. The first-order valence-electron chi connectivity index (χ1n) is 13.8. The maximum atomic E-state index is 9.02. The minimum absolute atomic E-state index is 0.104. The van der Waals surface area contributed by atoms with E-state index in [0.29, 0.717) is 0 Å². The van der Waals surface area contributed by atoms with E-state index >= 15 is 0 Å². The first-order chi connectivity index (χ1) is 21.0. The Morgan fingerprint density at radius 1 is 0.455 bits per heavy atom. The largest absolute Gasteiger partial charge is 0.377 e. The predicted octanol–water partition coefficient (Wildman–Crippen LogP) is 6.80. The fourth-order valence-electron chi connectivity index (χ4n) is 5.05. The maximum absolute atomic E-state index is 9.02. The summed E-state index contributed by atoms with van der Waals surface area (Å²) in [5.74, 6) is 0. The van der Waals surface area contributed by atoms with Gasteiger partial charge in [0, 0.05) is 101 Å². The Hall–Kier alpha value is -5.96. The summed E-state index contributed by atoms with van der Waals surface area (Å²) in [5.41, 5.74) is 6.29. The normalized spacial score (nSPS) is 9.73. The maximum Gasteiger partial charge on any atom is 0.130 e. The van der Waals surface area contributed by atoms with Crippen LogP contribution in [-0.4, -0.2) is 56.4 Å². The molecule has 0 spiro atoms. The van der Waals surface area contributed by atoms with Crippen molar-refractivity contribution in [1.82, 2.24) is 0 Å². The first-order valence-corrected chi connectivity index (χ1v) is 13.8. The second-order valence-corrected chi connectivity index (χ2v) is 10.9. The van der Waals surface area contributed by atoms with Crippen molar-refractivity contribution >= 4 is 56.4 Å². The average Bonchev–Trinajstić information content (AvgIpc) is 3.01. The van der Waals surface area contributed by atoms with Crippen molar-refractivity contribution < 1.29 is 0 Å². The highest BCUT2D eigenvalue weighted by atomic mass is 15.1. The van der Waals surface area contributed by atoms with Crippen LogP contribution in [0.2, 0.25) is 0 Å². The van der Waals surface area contributed by atoms with E-state index in [1.807, 2.05) is 139 Å². The van der Waals surface area contributed by atoms with E-state index in [4.69, 9.17) is 21.0 Å². The molecule has 44 heavy (non-hydrogen) atoms. The van der Waals surface area contributed by atoms with Crippen LogP contribution < -0.4 is 19.6 Å². The summed E-state index contributed by atoms with van der Waals surface area (Å²) in [4.78, 5) is 8.20.